The average Bonchev–Trinajstić information content (AvgIpc) is 2.66. The number of sulfonamides is 1. The standard InChI is InChI=1S/C21H25ClN2O3S/c1-15-7-8-19(13-16(15)2)23-21(25)17-9-11-24(12-10-17)28(26,27)14-18-5-3-4-6-20(18)22/h3-8,13,17H,9-12,14H2,1-2H3,(H,23,25). The third-order valence-electron chi connectivity index (χ3n) is 5.29. The quantitative estimate of drug-likeness (QED) is 0.790. The molecule has 0 saturated carbocycles. The Kier molecular flexibility index (Phi) is 6.43. The number of carbonyl (C=O) groups excluding carboxylic acids is 1. The molecule has 0 atom stereocenters. The van der Waals surface area contributed by atoms with Gasteiger partial charge in [-0.15, -0.1) is 0 Å². The number of hydrogen-bond donors (Lipinski definition) is 1. The predicted octanol–water partition coefficient (Wildman–Crippen LogP) is 4.14. The summed E-state index contributed by atoms with van der Waals surface area (Å²) in [4.78, 5) is 12.6. The van der Waals surface area contributed by atoms with Crippen molar-refractivity contribution >= 4 is 33.2 Å². The van der Waals surface area contributed by atoms with Gasteiger partial charge in [0.05, 0.1) is 5.75 Å². The summed E-state index contributed by atoms with van der Waals surface area (Å²) < 4.78 is 26.9. The Morgan fingerprint density at radius 3 is 2.43 bits per heavy atom. The highest BCUT2D eigenvalue weighted by Crippen LogP contribution is 2.25. The molecule has 0 bridgehead atoms. The molecule has 1 fully saturated rings. The van der Waals surface area contributed by atoms with E-state index >= 15 is 0 Å². The predicted molar refractivity (Wildman–Crippen MR) is 113 cm³/mol. The molecule has 1 aliphatic heterocycles. The molecule has 2 aromatic carbocycles. The average molecular weight is 421 g/mol. The number of amides is 1. The van der Waals surface area contributed by atoms with Gasteiger partial charge in [0.15, 0.2) is 0 Å². The second kappa shape index (κ2) is 8.64. The lowest BCUT2D eigenvalue weighted by Gasteiger charge is -2.30. The van der Waals surface area contributed by atoms with Crippen molar-refractivity contribution in [3.8, 4) is 0 Å². The van der Waals surface area contributed by atoms with Crippen LogP contribution in [-0.4, -0.2) is 31.7 Å². The Morgan fingerprint density at radius 1 is 1.11 bits per heavy atom. The van der Waals surface area contributed by atoms with Gasteiger partial charge in [0.25, 0.3) is 0 Å². The van der Waals surface area contributed by atoms with Crippen molar-refractivity contribution in [2.75, 3.05) is 18.4 Å². The van der Waals surface area contributed by atoms with Crippen LogP contribution in [-0.2, 0) is 20.6 Å². The maximum Gasteiger partial charge on any atom is 0.227 e. The first-order valence-corrected chi connectivity index (χ1v) is 11.3. The molecular weight excluding hydrogens is 396 g/mol. The molecule has 3 rings (SSSR count). The van der Waals surface area contributed by atoms with E-state index in [0.717, 1.165) is 11.3 Å². The zero-order chi connectivity index (χ0) is 20.3. The monoisotopic (exact) mass is 420 g/mol. The third kappa shape index (κ3) is 4.93. The summed E-state index contributed by atoms with van der Waals surface area (Å²) >= 11 is 6.10. The molecule has 0 spiro atoms. The van der Waals surface area contributed by atoms with Gasteiger partial charge >= 0.3 is 0 Å². The number of nitrogens with zero attached hydrogens (tertiary/aromatic N) is 1. The maximum atomic E-state index is 12.7. The van der Waals surface area contributed by atoms with Crippen LogP contribution in [0, 0.1) is 19.8 Å². The van der Waals surface area contributed by atoms with Gasteiger partial charge in [-0.2, -0.15) is 0 Å². The number of halogens is 1. The largest absolute Gasteiger partial charge is 0.326 e. The number of aryl methyl sites for hydroxylation is 2. The van der Waals surface area contributed by atoms with E-state index in [2.05, 4.69) is 5.32 Å². The molecule has 28 heavy (non-hydrogen) atoms. The smallest absolute Gasteiger partial charge is 0.227 e. The first-order valence-electron chi connectivity index (χ1n) is 9.35. The number of rotatable bonds is 5. The van der Waals surface area contributed by atoms with Gasteiger partial charge in [0.1, 0.15) is 0 Å². The second-order valence-corrected chi connectivity index (χ2v) is 9.69. The number of hydrogen-bond acceptors (Lipinski definition) is 3. The van der Waals surface area contributed by atoms with Gasteiger partial charge in [-0.25, -0.2) is 12.7 Å². The minimum Gasteiger partial charge on any atom is -0.326 e. The maximum absolute atomic E-state index is 12.7. The molecule has 1 heterocycles. The van der Waals surface area contributed by atoms with Crippen LogP contribution in [0.15, 0.2) is 42.5 Å². The van der Waals surface area contributed by atoms with E-state index in [4.69, 9.17) is 11.6 Å². The Balaban J connectivity index is 1.58. The number of carbonyl (C=O) groups is 1. The van der Waals surface area contributed by atoms with Crippen LogP contribution in [0.25, 0.3) is 0 Å². The zero-order valence-electron chi connectivity index (χ0n) is 16.1. The molecule has 5 nitrogen and oxygen atoms in total. The summed E-state index contributed by atoms with van der Waals surface area (Å²) in [6, 6.07) is 12.8. The Morgan fingerprint density at radius 2 is 1.79 bits per heavy atom. The van der Waals surface area contributed by atoms with E-state index in [1.807, 2.05) is 32.0 Å². The van der Waals surface area contributed by atoms with Gasteiger partial charge < -0.3 is 5.32 Å². The van der Waals surface area contributed by atoms with Crippen LogP contribution in [0.3, 0.4) is 0 Å². The van der Waals surface area contributed by atoms with Crippen LogP contribution >= 0.6 is 11.6 Å². The van der Waals surface area contributed by atoms with Crippen LogP contribution in [0.5, 0.6) is 0 Å². The molecule has 0 unspecified atom stereocenters. The number of benzene rings is 2. The number of anilines is 1. The minimum absolute atomic E-state index is 0.0496. The normalized spacial score (nSPS) is 16.1. The molecular formula is C21H25ClN2O3S. The highest BCUT2D eigenvalue weighted by atomic mass is 35.5. The molecule has 1 aliphatic rings. The summed E-state index contributed by atoms with van der Waals surface area (Å²) in [5.41, 5.74) is 3.67. The Labute approximate surface area is 171 Å². The van der Waals surface area contributed by atoms with Gasteiger partial charge in [0, 0.05) is 29.7 Å². The van der Waals surface area contributed by atoms with Crippen LogP contribution in [0.1, 0.15) is 29.5 Å². The van der Waals surface area contributed by atoms with Crippen LogP contribution in [0.2, 0.25) is 5.02 Å². The summed E-state index contributed by atoms with van der Waals surface area (Å²) in [5, 5.41) is 3.41. The third-order valence-corrected chi connectivity index (χ3v) is 7.48. The van der Waals surface area contributed by atoms with Crippen molar-refractivity contribution in [2.24, 2.45) is 5.92 Å². The number of piperidine rings is 1. The minimum atomic E-state index is -3.46. The van der Waals surface area contributed by atoms with Gasteiger partial charge in [-0.05, 0) is 61.6 Å². The molecule has 1 N–H and O–H groups in total. The van der Waals surface area contributed by atoms with E-state index in [-0.39, 0.29) is 17.6 Å². The fourth-order valence-electron chi connectivity index (χ4n) is 3.36. The lowest BCUT2D eigenvalue weighted by Crippen LogP contribution is -2.41. The Bertz CT molecular complexity index is 967. The highest BCUT2D eigenvalue weighted by Gasteiger charge is 2.31. The van der Waals surface area contributed by atoms with E-state index in [1.165, 1.54) is 9.87 Å². The zero-order valence-corrected chi connectivity index (χ0v) is 17.7. The van der Waals surface area contributed by atoms with Crippen molar-refractivity contribution < 1.29 is 13.2 Å². The van der Waals surface area contributed by atoms with Gasteiger partial charge in [0.2, 0.25) is 15.9 Å². The van der Waals surface area contributed by atoms with E-state index in [1.54, 1.807) is 24.3 Å². The van der Waals surface area contributed by atoms with E-state index in [0.29, 0.717) is 36.5 Å². The van der Waals surface area contributed by atoms with Crippen molar-refractivity contribution in [3.63, 3.8) is 0 Å². The van der Waals surface area contributed by atoms with E-state index < -0.39 is 10.0 Å². The van der Waals surface area contributed by atoms with Crippen molar-refractivity contribution in [2.45, 2.75) is 32.4 Å². The van der Waals surface area contributed by atoms with Crippen LogP contribution < -0.4 is 5.32 Å². The first-order chi connectivity index (χ1) is 13.3. The first kappa shape index (κ1) is 20.8. The molecule has 2 aromatic rings. The van der Waals surface area contributed by atoms with Gasteiger partial charge in [-0.3, -0.25) is 4.79 Å². The molecule has 0 aliphatic carbocycles. The molecule has 150 valence electrons. The lowest BCUT2D eigenvalue weighted by molar-refractivity contribution is -0.120. The molecule has 1 saturated heterocycles. The van der Waals surface area contributed by atoms with Crippen molar-refractivity contribution in [3.05, 3.63) is 64.2 Å². The number of nitrogens with one attached hydrogen (secondary N) is 1. The summed E-state index contributed by atoms with van der Waals surface area (Å²) in [5.74, 6) is -0.355. The molecule has 1 amide bonds. The molecule has 0 radical (unpaired) electrons. The summed E-state index contributed by atoms with van der Waals surface area (Å²) in [6.45, 7) is 4.72. The van der Waals surface area contributed by atoms with Crippen molar-refractivity contribution in [1.82, 2.24) is 4.31 Å². The Hall–Kier alpha value is -1.89. The SMILES string of the molecule is Cc1ccc(NC(=O)C2CCN(S(=O)(=O)Cc3ccccc3Cl)CC2)cc1C. The fourth-order valence-corrected chi connectivity index (χ4v) is 5.24. The summed E-state index contributed by atoms with van der Waals surface area (Å²) in [6.07, 6.45) is 1.02. The second-order valence-electron chi connectivity index (χ2n) is 7.31. The van der Waals surface area contributed by atoms with Crippen LogP contribution in [0.4, 0.5) is 5.69 Å². The molecule has 7 heteroatoms. The van der Waals surface area contributed by atoms with E-state index in [9.17, 15) is 13.2 Å². The van der Waals surface area contributed by atoms with Gasteiger partial charge in [-0.1, -0.05) is 35.9 Å². The summed E-state index contributed by atoms with van der Waals surface area (Å²) in [7, 11) is -3.46. The highest BCUT2D eigenvalue weighted by molar-refractivity contribution is 7.88. The topological polar surface area (TPSA) is 66.5 Å². The fraction of sp³-hybridized carbons (Fsp3) is 0.381. The molecule has 0 aromatic heterocycles. The van der Waals surface area contributed by atoms with Crippen molar-refractivity contribution in [1.29, 1.82) is 0 Å². The lowest BCUT2D eigenvalue weighted by atomic mass is 9.97.